The smallest absolute Gasteiger partial charge is 0.329 e. The van der Waals surface area contributed by atoms with Gasteiger partial charge in [-0.05, 0) is 61.0 Å². The molecule has 0 fully saturated rings. The Balaban J connectivity index is 1.51. The van der Waals surface area contributed by atoms with E-state index in [-0.39, 0.29) is 6.61 Å². The molecule has 2 N–H and O–H groups in total. The number of benzene rings is 3. The Morgan fingerprint density at radius 3 is 2.30 bits per heavy atom. The van der Waals surface area contributed by atoms with Crippen LogP contribution in [-0.2, 0) is 16.2 Å². The maximum Gasteiger partial charge on any atom is 0.329 e. The van der Waals surface area contributed by atoms with Gasteiger partial charge >= 0.3 is 11.8 Å². The fraction of sp³-hybridized carbons (Fsp3) is 0.125. The summed E-state index contributed by atoms with van der Waals surface area (Å²) < 4.78 is 11.1. The largest absolute Gasteiger partial charge is 0.492 e. The van der Waals surface area contributed by atoms with Crippen LogP contribution >= 0.6 is 23.2 Å². The highest BCUT2D eigenvalue weighted by Crippen LogP contribution is 2.26. The minimum Gasteiger partial charge on any atom is -0.492 e. The third-order valence-corrected chi connectivity index (χ3v) is 5.05. The third-order valence-electron chi connectivity index (χ3n) is 4.35. The molecule has 9 heteroatoms. The van der Waals surface area contributed by atoms with Gasteiger partial charge in [-0.1, -0.05) is 41.4 Å². The Morgan fingerprint density at radius 2 is 1.61 bits per heavy atom. The van der Waals surface area contributed by atoms with E-state index in [1.165, 1.54) is 6.21 Å². The lowest BCUT2D eigenvalue weighted by Crippen LogP contribution is -2.32. The first-order valence-electron chi connectivity index (χ1n) is 10.00. The topological polar surface area (TPSA) is 89.0 Å². The van der Waals surface area contributed by atoms with Gasteiger partial charge in [0, 0.05) is 15.6 Å². The predicted octanol–water partition coefficient (Wildman–Crippen LogP) is 5.06. The second kappa shape index (κ2) is 11.9. The molecule has 0 unspecified atom stereocenters. The number of para-hydroxylation sites is 2. The summed E-state index contributed by atoms with van der Waals surface area (Å²) in [7, 11) is 0. The molecule has 0 aromatic heterocycles. The molecule has 0 atom stereocenters. The molecule has 2 amide bonds. The first-order chi connectivity index (χ1) is 16.0. The van der Waals surface area contributed by atoms with Gasteiger partial charge in [0.05, 0.1) is 18.5 Å². The number of anilines is 1. The molecular weight excluding hydrogens is 465 g/mol. The van der Waals surface area contributed by atoms with E-state index < -0.39 is 11.8 Å². The molecule has 0 saturated heterocycles. The second-order valence-electron chi connectivity index (χ2n) is 6.64. The lowest BCUT2D eigenvalue weighted by atomic mass is 10.2. The van der Waals surface area contributed by atoms with Gasteiger partial charge in [-0.15, -0.1) is 0 Å². The SMILES string of the molecule is CCOc1ccccc1NC(=O)C(=O)N/N=C\c1ccc(OCc2c(Cl)cccc2Cl)cc1. The van der Waals surface area contributed by atoms with E-state index in [1.54, 1.807) is 66.7 Å². The van der Waals surface area contributed by atoms with Crippen LogP contribution in [0.15, 0.2) is 71.8 Å². The van der Waals surface area contributed by atoms with Crippen LogP contribution in [0.4, 0.5) is 5.69 Å². The number of halogens is 2. The van der Waals surface area contributed by atoms with E-state index >= 15 is 0 Å². The summed E-state index contributed by atoms with van der Waals surface area (Å²) in [5, 5.41) is 7.39. The van der Waals surface area contributed by atoms with E-state index in [0.717, 1.165) is 0 Å². The van der Waals surface area contributed by atoms with E-state index in [9.17, 15) is 9.59 Å². The standard InChI is InChI=1S/C24H21Cl2N3O4/c1-2-32-22-9-4-3-8-21(22)28-23(30)24(31)29-27-14-16-10-12-17(13-11-16)33-15-18-19(25)6-5-7-20(18)26/h3-14H,2,15H2,1H3,(H,28,30)(H,29,31)/b27-14-. The van der Waals surface area contributed by atoms with E-state index in [0.29, 0.717) is 45.0 Å². The van der Waals surface area contributed by atoms with Crippen molar-refractivity contribution in [3.63, 3.8) is 0 Å². The molecule has 0 bridgehead atoms. The number of amides is 2. The summed E-state index contributed by atoms with van der Waals surface area (Å²) in [6.45, 7) is 2.48. The Morgan fingerprint density at radius 1 is 0.909 bits per heavy atom. The highest BCUT2D eigenvalue weighted by Gasteiger charge is 2.15. The fourth-order valence-corrected chi connectivity index (χ4v) is 3.23. The monoisotopic (exact) mass is 485 g/mol. The fourth-order valence-electron chi connectivity index (χ4n) is 2.72. The summed E-state index contributed by atoms with van der Waals surface area (Å²) in [5.74, 6) is -0.682. The van der Waals surface area contributed by atoms with Crippen LogP contribution in [0.1, 0.15) is 18.1 Å². The summed E-state index contributed by atoms with van der Waals surface area (Å²) in [4.78, 5) is 24.1. The number of hydrogen-bond donors (Lipinski definition) is 2. The lowest BCUT2D eigenvalue weighted by Gasteiger charge is -2.10. The number of carbonyl (C=O) groups excluding carboxylic acids is 2. The number of ether oxygens (including phenoxy) is 2. The first kappa shape index (κ1) is 24.1. The molecule has 0 aliphatic rings. The lowest BCUT2D eigenvalue weighted by molar-refractivity contribution is -0.136. The molecular formula is C24H21Cl2N3O4. The Labute approximate surface area is 201 Å². The first-order valence-corrected chi connectivity index (χ1v) is 10.8. The molecule has 0 aliphatic carbocycles. The average molecular weight is 486 g/mol. The normalized spacial score (nSPS) is 10.6. The summed E-state index contributed by atoms with van der Waals surface area (Å²) >= 11 is 12.3. The van der Waals surface area contributed by atoms with Crippen LogP contribution in [0, 0.1) is 0 Å². The van der Waals surface area contributed by atoms with Crippen molar-refractivity contribution in [3.8, 4) is 11.5 Å². The molecule has 0 saturated carbocycles. The highest BCUT2D eigenvalue weighted by molar-refractivity contribution is 6.39. The highest BCUT2D eigenvalue weighted by atomic mass is 35.5. The quantitative estimate of drug-likeness (QED) is 0.265. The molecule has 0 radical (unpaired) electrons. The summed E-state index contributed by atoms with van der Waals surface area (Å²) in [5.41, 5.74) is 3.99. The average Bonchev–Trinajstić information content (AvgIpc) is 2.81. The predicted molar refractivity (Wildman–Crippen MR) is 129 cm³/mol. The van der Waals surface area contributed by atoms with E-state index in [1.807, 2.05) is 6.92 Å². The minimum atomic E-state index is -0.908. The Bertz CT molecular complexity index is 1130. The van der Waals surface area contributed by atoms with Crippen molar-refractivity contribution in [2.45, 2.75) is 13.5 Å². The van der Waals surface area contributed by atoms with Crippen LogP contribution < -0.4 is 20.2 Å². The van der Waals surface area contributed by atoms with Crippen molar-refractivity contribution >= 4 is 46.9 Å². The van der Waals surface area contributed by atoms with Gasteiger partial charge in [-0.3, -0.25) is 9.59 Å². The van der Waals surface area contributed by atoms with Crippen LogP contribution in [-0.4, -0.2) is 24.6 Å². The van der Waals surface area contributed by atoms with Crippen molar-refractivity contribution in [3.05, 3.63) is 87.9 Å². The van der Waals surface area contributed by atoms with Gasteiger partial charge in [0.2, 0.25) is 0 Å². The second-order valence-corrected chi connectivity index (χ2v) is 7.45. The number of nitrogens with one attached hydrogen (secondary N) is 2. The van der Waals surface area contributed by atoms with Crippen molar-refractivity contribution in [2.75, 3.05) is 11.9 Å². The summed E-state index contributed by atoms with van der Waals surface area (Å²) in [6, 6.07) is 19.1. The van der Waals surface area contributed by atoms with E-state index in [4.69, 9.17) is 32.7 Å². The number of rotatable bonds is 8. The van der Waals surface area contributed by atoms with Crippen LogP contribution in [0.5, 0.6) is 11.5 Å². The zero-order chi connectivity index (χ0) is 23.6. The van der Waals surface area contributed by atoms with Crippen molar-refractivity contribution < 1.29 is 19.1 Å². The molecule has 7 nitrogen and oxygen atoms in total. The maximum atomic E-state index is 12.1. The number of nitrogens with zero attached hydrogens (tertiary/aromatic N) is 1. The number of hydrazone groups is 1. The zero-order valence-corrected chi connectivity index (χ0v) is 19.2. The van der Waals surface area contributed by atoms with Gasteiger partial charge in [-0.2, -0.15) is 5.10 Å². The van der Waals surface area contributed by atoms with Gasteiger partial charge in [0.15, 0.2) is 0 Å². The minimum absolute atomic E-state index is 0.226. The zero-order valence-electron chi connectivity index (χ0n) is 17.7. The summed E-state index contributed by atoms with van der Waals surface area (Å²) in [6.07, 6.45) is 1.41. The molecule has 3 aromatic rings. The molecule has 0 spiro atoms. The number of hydrogen-bond acceptors (Lipinski definition) is 5. The van der Waals surface area contributed by atoms with Crippen LogP contribution in [0.2, 0.25) is 10.0 Å². The molecule has 170 valence electrons. The van der Waals surface area contributed by atoms with Gasteiger partial charge in [-0.25, -0.2) is 5.43 Å². The van der Waals surface area contributed by atoms with Gasteiger partial charge in [0.25, 0.3) is 0 Å². The third kappa shape index (κ3) is 6.97. The Kier molecular flexibility index (Phi) is 8.69. The van der Waals surface area contributed by atoms with E-state index in [2.05, 4.69) is 15.8 Å². The van der Waals surface area contributed by atoms with Crippen molar-refractivity contribution in [1.82, 2.24) is 5.43 Å². The molecule has 0 heterocycles. The molecule has 3 aromatic carbocycles. The van der Waals surface area contributed by atoms with Crippen molar-refractivity contribution in [2.24, 2.45) is 5.10 Å². The molecule has 0 aliphatic heterocycles. The van der Waals surface area contributed by atoms with Crippen LogP contribution in [0.25, 0.3) is 0 Å². The number of carbonyl (C=O) groups is 2. The Hall–Kier alpha value is -3.55. The van der Waals surface area contributed by atoms with Crippen LogP contribution in [0.3, 0.4) is 0 Å². The molecule has 3 rings (SSSR count). The van der Waals surface area contributed by atoms with Gasteiger partial charge in [0.1, 0.15) is 18.1 Å². The van der Waals surface area contributed by atoms with Gasteiger partial charge < -0.3 is 14.8 Å². The van der Waals surface area contributed by atoms with Crippen molar-refractivity contribution in [1.29, 1.82) is 0 Å². The molecule has 33 heavy (non-hydrogen) atoms. The maximum absolute atomic E-state index is 12.1.